The van der Waals surface area contributed by atoms with Crippen molar-refractivity contribution in [3.63, 3.8) is 0 Å². The van der Waals surface area contributed by atoms with E-state index in [1.165, 1.54) is 11.8 Å². The fourth-order valence-electron chi connectivity index (χ4n) is 3.65. The second kappa shape index (κ2) is 7.33. The number of thioether (sulfide) groups is 1. The van der Waals surface area contributed by atoms with Gasteiger partial charge in [-0.3, -0.25) is 18.9 Å². The molecule has 0 unspecified atom stereocenters. The lowest BCUT2D eigenvalue weighted by molar-refractivity contribution is -0.123. The highest BCUT2D eigenvalue weighted by atomic mass is 32.2. The lowest BCUT2D eigenvalue weighted by Crippen LogP contribution is -2.34. The van der Waals surface area contributed by atoms with Crippen LogP contribution in [0, 0.1) is 6.92 Å². The fourth-order valence-corrected chi connectivity index (χ4v) is 5.16. The van der Waals surface area contributed by atoms with Gasteiger partial charge in [-0.15, -0.1) is 0 Å². The van der Waals surface area contributed by atoms with E-state index in [0.717, 1.165) is 31.5 Å². The third-order valence-corrected chi connectivity index (χ3v) is 6.42. The van der Waals surface area contributed by atoms with E-state index in [9.17, 15) is 9.59 Å². The van der Waals surface area contributed by atoms with Gasteiger partial charge in [0.15, 0.2) is 0 Å². The number of amides is 1. The normalized spacial score (nSPS) is 19.1. The predicted octanol–water partition coefficient (Wildman–Crippen LogP) is 3.21. The summed E-state index contributed by atoms with van der Waals surface area (Å²) in [5.74, 6) is 0.512. The summed E-state index contributed by atoms with van der Waals surface area (Å²) in [6, 6.07) is 3.77. The molecule has 6 nitrogen and oxygen atoms in total. The molecular formula is C20H22N4O2S2. The summed E-state index contributed by atoms with van der Waals surface area (Å²) in [7, 11) is 0. The summed E-state index contributed by atoms with van der Waals surface area (Å²) < 4.78 is 2.09. The van der Waals surface area contributed by atoms with E-state index in [2.05, 4.69) is 4.90 Å². The Morgan fingerprint density at radius 3 is 2.61 bits per heavy atom. The first-order chi connectivity index (χ1) is 13.4. The van der Waals surface area contributed by atoms with E-state index in [-0.39, 0.29) is 17.5 Å². The van der Waals surface area contributed by atoms with Gasteiger partial charge in [-0.2, -0.15) is 0 Å². The number of hydrogen-bond donors (Lipinski definition) is 0. The molecule has 0 N–H and O–H groups in total. The topological polar surface area (TPSA) is 57.9 Å². The second-order valence-corrected chi connectivity index (χ2v) is 9.05. The van der Waals surface area contributed by atoms with E-state index < -0.39 is 0 Å². The summed E-state index contributed by atoms with van der Waals surface area (Å²) in [6.45, 7) is 7.53. The summed E-state index contributed by atoms with van der Waals surface area (Å²) >= 11 is 6.62. The monoisotopic (exact) mass is 414 g/mol. The molecule has 146 valence electrons. The van der Waals surface area contributed by atoms with Crippen LogP contribution in [0.5, 0.6) is 0 Å². The van der Waals surface area contributed by atoms with Crippen LogP contribution in [-0.4, -0.2) is 43.6 Å². The first-order valence-corrected chi connectivity index (χ1v) is 10.6. The molecule has 0 aliphatic carbocycles. The summed E-state index contributed by atoms with van der Waals surface area (Å²) in [6.07, 6.45) is 5.55. The van der Waals surface area contributed by atoms with E-state index in [0.29, 0.717) is 26.3 Å². The molecule has 4 rings (SSSR count). The highest BCUT2D eigenvalue weighted by Crippen LogP contribution is 2.35. The van der Waals surface area contributed by atoms with Crippen LogP contribution >= 0.6 is 24.0 Å². The molecule has 0 spiro atoms. The molecule has 2 aromatic rings. The van der Waals surface area contributed by atoms with Gasteiger partial charge in [0.2, 0.25) is 0 Å². The van der Waals surface area contributed by atoms with E-state index in [4.69, 9.17) is 17.2 Å². The zero-order valence-electron chi connectivity index (χ0n) is 16.1. The molecule has 2 aliphatic rings. The second-order valence-electron chi connectivity index (χ2n) is 7.38. The number of anilines is 1. The molecule has 2 aliphatic heterocycles. The SMILES string of the molecule is Cc1cccn2c(=O)c(C=C3SC(=S)N(C(C)C)C3=O)c(N3CCCC3)nc12. The van der Waals surface area contributed by atoms with Crippen LogP contribution in [0.3, 0.4) is 0 Å². The lowest BCUT2D eigenvalue weighted by Gasteiger charge is -2.20. The number of pyridine rings is 1. The number of fused-ring (bicyclic) bond motifs is 1. The fraction of sp³-hybridized carbons (Fsp3) is 0.400. The Bertz CT molecular complexity index is 1070. The molecule has 0 aromatic carbocycles. The van der Waals surface area contributed by atoms with Gasteiger partial charge in [-0.1, -0.05) is 30.0 Å². The number of carbonyl (C=O) groups is 1. The minimum Gasteiger partial charge on any atom is -0.356 e. The minimum absolute atomic E-state index is 0.0186. The Morgan fingerprint density at radius 1 is 1.25 bits per heavy atom. The van der Waals surface area contributed by atoms with Crippen LogP contribution in [-0.2, 0) is 4.79 Å². The zero-order valence-corrected chi connectivity index (χ0v) is 17.8. The molecule has 28 heavy (non-hydrogen) atoms. The van der Waals surface area contributed by atoms with Gasteiger partial charge in [0.25, 0.3) is 11.5 Å². The van der Waals surface area contributed by atoms with Crippen molar-refractivity contribution in [2.24, 2.45) is 0 Å². The summed E-state index contributed by atoms with van der Waals surface area (Å²) in [5.41, 5.74) is 1.89. The van der Waals surface area contributed by atoms with Gasteiger partial charge in [-0.05, 0) is 51.3 Å². The number of hydrogen-bond acceptors (Lipinski definition) is 6. The molecule has 4 heterocycles. The highest BCUT2D eigenvalue weighted by molar-refractivity contribution is 8.26. The van der Waals surface area contributed by atoms with Crippen molar-refractivity contribution in [3.05, 3.63) is 44.7 Å². The summed E-state index contributed by atoms with van der Waals surface area (Å²) in [5, 5.41) is 0. The predicted molar refractivity (Wildman–Crippen MR) is 118 cm³/mol. The molecular weight excluding hydrogens is 392 g/mol. The third-order valence-electron chi connectivity index (χ3n) is 5.09. The van der Waals surface area contributed by atoms with Crippen molar-refractivity contribution in [3.8, 4) is 0 Å². The van der Waals surface area contributed by atoms with Crippen LogP contribution in [0.1, 0.15) is 37.8 Å². The Balaban J connectivity index is 1.92. The largest absolute Gasteiger partial charge is 0.356 e. The maximum Gasteiger partial charge on any atom is 0.267 e. The van der Waals surface area contributed by atoms with Crippen molar-refractivity contribution in [2.75, 3.05) is 18.0 Å². The Kier molecular flexibility index (Phi) is 5.01. The Hall–Kier alpha value is -2.19. The standard InChI is InChI=1S/C20H22N4O2S2/c1-12(2)24-19(26)15(28-20(24)27)11-14-17(22-8-4-5-9-22)21-16-13(3)7-6-10-23(16)18(14)25/h6-7,10-12H,4-5,8-9H2,1-3H3. The van der Waals surface area contributed by atoms with Crippen LogP contribution in [0.2, 0.25) is 0 Å². The molecule has 1 amide bonds. The Morgan fingerprint density at radius 2 is 1.96 bits per heavy atom. The van der Waals surface area contributed by atoms with E-state index >= 15 is 0 Å². The molecule has 2 aromatic heterocycles. The molecule has 8 heteroatoms. The number of carbonyl (C=O) groups excluding carboxylic acids is 1. The molecule has 2 saturated heterocycles. The van der Waals surface area contributed by atoms with E-state index in [1.54, 1.807) is 21.6 Å². The van der Waals surface area contributed by atoms with Crippen LogP contribution < -0.4 is 10.5 Å². The van der Waals surface area contributed by atoms with Crippen LogP contribution in [0.4, 0.5) is 5.82 Å². The van der Waals surface area contributed by atoms with Gasteiger partial charge >= 0.3 is 0 Å². The third kappa shape index (κ3) is 3.14. The quantitative estimate of drug-likeness (QED) is 0.568. The van der Waals surface area contributed by atoms with E-state index in [1.807, 2.05) is 32.9 Å². The summed E-state index contributed by atoms with van der Waals surface area (Å²) in [4.78, 5) is 35.2. The first-order valence-electron chi connectivity index (χ1n) is 9.42. The molecule has 0 radical (unpaired) electrons. The van der Waals surface area contributed by atoms with Crippen LogP contribution in [0.25, 0.3) is 11.7 Å². The first kappa shape index (κ1) is 19.1. The van der Waals surface area contributed by atoms with Crippen molar-refractivity contribution in [1.82, 2.24) is 14.3 Å². The van der Waals surface area contributed by atoms with Gasteiger partial charge < -0.3 is 4.90 Å². The van der Waals surface area contributed by atoms with Crippen molar-refractivity contribution < 1.29 is 4.79 Å². The average molecular weight is 415 g/mol. The number of thiocarbonyl (C=S) groups is 1. The minimum atomic E-state index is -0.162. The molecule has 0 atom stereocenters. The number of aryl methyl sites for hydroxylation is 1. The van der Waals surface area contributed by atoms with Gasteiger partial charge in [0.05, 0.1) is 10.5 Å². The smallest absolute Gasteiger partial charge is 0.267 e. The number of nitrogens with zero attached hydrogens (tertiary/aromatic N) is 4. The highest BCUT2D eigenvalue weighted by Gasteiger charge is 2.34. The molecule has 2 fully saturated rings. The van der Waals surface area contributed by atoms with Crippen molar-refractivity contribution in [1.29, 1.82) is 0 Å². The molecule has 0 bridgehead atoms. The average Bonchev–Trinajstić information content (AvgIpc) is 3.26. The van der Waals surface area contributed by atoms with Gasteiger partial charge in [0, 0.05) is 25.3 Å². The van der Waals surface area contributed by atoms with Gasteiger partial charge in [0.1, 0.15) is 15.8 Å². The number of aromatic nitrogens is 2. The van der Waals surface area contributed by atoms with Crippen LogP contribution in [0.15, 0.2) is 28.0 Å². The maximum absolute atomic E-state index is 13.3. The lowest BCUT2D eigenvalue weighted by atomic mass is 10.2. The zero-order chi connectivity index (χ0) is 20.0. The molecule has 0 saturated carbocycles. The maximum atomic E-state index is 13.3. The van der Waals surface area contributed by atoms with Crippen molar-refractivity contribution >= 4 is 51.7 Å². The van der Waals surface area contributed by atoms with Gasteiger partial charge in [-0.25, -0.2) is 4.98 Å². The number of rotatable bonds is 3. The Labute approximate surface area is 173 Å². The van der Waals surface area contributed by atoms with Crippen molar-refractivity contribution in [2.45, 2.75) is 39.7 Å².